The van der Waals surface area contributed by atoms with Gasteiger partial charge in [0.2, 0.25) is 0 Å². The lowest BCUT2D eigenvalue weighted by Gasteiger charge is -2.26. The number of aromatic nitrogens is 4. The molecule has 0 amide bonds. The summed E-state index contributed by atoms with van der Waals surface area (Å²) in [6.07, 6.45) is 9.14. The Morgan fingerprint density at radius 2 is 1.89 bits per heavy atom. The minimum absolute atomic E-state index is 0.0941. The van der Waals surface area contributed by atoms with E-state index in [4.69, 9.17) is 27.9 Å². The number of nitrogens with one attached hydrogen (secondary N) is 2. The topological polar surface area (TPSA) is 79.0 Å². The highest BCUT2D eigenvalue weighted by Crippen LogP contribution is 2.32. The first-order chi connectivity index (χ1) is 17.1. The molecule has 7 nitrogen and oxygen atoms in total. The number of benzene rings is 1. The standard InChI is InChI=1S/C26H26Cl2N6O/c1-17(26-22(27)14-29-15-23(26)28)31-19-5-7-25-21(12-19)24(32-33-25)6-3-18-2-4-20(30-13-18)16-34-8-10-35-11-9-34/h2-7,12-15,17,31H,8-11,16H2,1H3,(H,32,33)/b6-3+/t17-/m1/s1. The summed E-state index contributed by atoms with van der Waals surface area (Å²) in [4.78, 5) is 11.0. The van der Waals surface area contributed by atoms with E-state index < -0.39 is 0 Å². The fourth-order valence-electron chi connectivity index (χ4n) is 4.20. The number of anilines is 1. The Kier molecular flexibility index (Phi) is 7.29. The van der Waals surface area contributed by atoms with Crippen LogP contribution in [0, 0.1) is 0 Å². The van der Waals surface area contributed by atoms with E-state index in [0.717, 1.165) is 72.0 Å². The SMILES string of the molecule is C[C@@H](Nc1ccc2[nH]nc(/C=C/c3ccc(CN4CCOCC4)nc3)c2c1)c1c(Cl)cncc1Cl. The van der Waals surface area contributed by atoms with E-state index >= 15 is 0 Å². The third-order valence-electron chi connectivity index (χ3n) is 6.07. The number of morpholine rings is 1. The number of pyridine rings is 2. The van der Waals surface area contributed by atoms with Gasteiger partial charge in [0.05, 0.1) is 46.2 Å². The van der Waals surface area contributed by atoms with E-state index in [1.54, 1.807) is 12.4 Å². The maximum Gasteiger partial charge on any atom is 0.0928 e. The van der Waals surface area contributed by atoms with Gasteiger partial charge in [-0.2, -0.15) is 5.10 Å². The van der Waals surface area contributed by atoms with E-state index in [9.17, 15) is 0 Å². The summed E-state index contributed by atoms with van der Waals surface area (Å²) in [6, 6.07) is 10.2. The maximum atomic E-state index is 6.33. The van der Waals surface area contributed by atoms with Gasteiger partial charge in [0.25, 0.3) is 0 Å². The molecule has 0 unspecified atom stereocenters. The van der Waals surface area contributed by atoms with Crippen molar-refractivity contribution in [3.8, 4) is 0 Å². The Balaban J connectivity index is 1.29. The lowest BCUT2D eigenvalue weighted by atomic mass is 10.1. The van der Waals surface area contributed by atoms with Crippen molar-refractivity contribution in [2.45, 2.75) is 19.5 Å². The monoisotopic (exact) mass is 508 g/mol. The zero-order valence-corrected chi connectivity index (χ0v) is 20.9. The van der Waals surface area contributed by atoms with Crippen LogP contribution in [0.2, 0.25) is 10.0 Å². The summed E-state index contributed by atoms with van der Waals surface area (Å²) in [7, 11) is 0. The molecule has 35 heavy (non-hydrogen) atoms. The smallest absolute Gasteiger partial charge is 0.0928 e. The van der Waals surface area contributed by atoms with Gasteiger partial charge in [-0.1, -0.05) is 35.3 Å². The van der Waals surface area contributed by atoms with Gasteiger partial charge in [-0.05, 0) is 42.8 Å². The Bertz CT molecular complexity index is 1310. The van der Waals surface area contributed by atoms with Crippen LogP contribution in [0.1, 0.15) is 35.5 Å². The van der Waals surface area contributed by atoms with Crippen LogP contribution in [-0.4, -0.2) is 51.4 Å². The molecule has 0 saturated carbocycles. The van der Waals surface area contributed by atoms with Gasteiger partial charge >= 0.3 is 0 Å². The molecule has 4 heterocycles. The lowest BCUT2D eigenvalue weighted by molar-refractivity contribution is 0.0336. The summed E-state index contributed by atoms with van der Waals surface area (Å²) >= 11 is 12.7. The quantitative estimate of drug-likeness (QED) is 0.326. The van der Waals surface area contributed by atoms with Gasteiger partial charge < -0.3 is 10.1 Å². The first-order valence-electron chi connectivity index (χ1n) is 11.5. The van der Waals surface area contributed by atoms with Crippen molar-refractivity contribution in [3.05, 3.63) is 81.5 Å². The van der Waals surface area contributed by atoms with Crippen LogP contribution in [0.25, 0.3) is 23.1 Å². The van der Waals surface area contributed by atoms with Crippen LogP contribution < -0.4 is 5.32 Å². The largest absolute Gasteiger partial charge is 0.379 e. The third kappa shape index (κ3) is 5.65. The molecule has 4 aromatic rings. The third-order valence-corrected chi connectivity index (χ3v) is 6.67. The summed E-state index contributed by atoms with van der Waals surface area (Å²) in [5.74, 6) is 0. The van der Waals surface area contributed by atoms with Crippen molar-refractivity contribution in [1.29, 1.82) is 0 Å². The Morgan fingerprint density at radius 3 is 2.63 bits per heavy atom. The Morgan fingerprint density at radius 1 is 1.09 bits per heavy atom. The van der Waals surface area contributed by atoms with Crippen molar-refractivity contribution in [1.82, 2.24) is 25.1 Å². The summed E-state index contributed by atoms with van der Waals surface area (Å²) in [6.45, 7) is 6.35. The van der Waals surface area contributed by atoms with Crippen molar-refractivity contribution in [2.75, 3.05) is 31.6 Å². The van der Waals surface area contributed by atoms with Crippen LogP contribution in [-0.2, 0) is 11.3 Å². The second-order valence-electron chi connectivity index (χ2n) is 8.56. The highest BCUT2D eigenvalue weighted by atomic mass is 35.5. The van der Waals surface area contributed by atoms with Gasteiger partial charge in [0.1, 0.15) is 0 Å². The number of nitrogens with zero attached hydrogens (tertiary/aromatic N) is 4. The van der Waals surface area contributed by atoms with E-state index in [2.05, 4.69) is 48.6 Å². The molecule has 0 bridgehead atoms. The number of fused-ring (bicyclic) bond motifs is 1. The van der Waals surface area contributed by atoms with Crippen molar-refractivity contribution < 1.29 is 4.74 Å². The van der Waals surface area contributed by atoms with Crippen LogP contribution in [0.4, 0.5) is 5.69 Å². The highest BCUT2D eigenvalue weighted by molar-refractivity contribution is 6.35. The molecule has 2 N–H and O–H groups in total. The Hall–Kier alpha value is -2.97. The lowest BCUT2D eigenvalue weighted by Crippen LogP contribution is -2.35. The number of ether oxygens (including phenoxy) is 1. The number of rotatable bonds is 7. The van der Waals surface area contributed by atoms with Crippen molar-refractivity contribution in [2.24, 2.45) is 0 Å². The average molecular weight is 509 g/mol. The molecule has 1 atom stereocenters. The zero-order valence-electron chi connectivity index (χ0n) is 19.3. The minimum atomic E-state index is -0.0941. The number of H-pyrrole nitrogens is 1. The molecule has 0 aliphatic carbocycles. The molecule has 180 valence electrons. The van der Waals surface area contributed by atoms with E-state index in [1.807, 2.05) is 37.4 Å². The average Bonchev–Trinajstić information content (AvgIpc) is 3.26. The first-order valence-corrected chi connectivity index (χ1v) is 12.3. The normalized spacial score (nSPS) is 15.6. The predicted octanol–water partition coefficient (Wildman–Crippen LogP) is 5.84. The fourth-order valence-corrected chi connectivity index (χ4v) is 4.89. The Labute approximate surface area is 214 Å². The van der Waals surface area contributed by atoms with Gasteiger partial charge in [-0.15, -0.1) is 0 Å². The molecule has 9 heteroatoms. The molecule has 1 aliphatic rings. The molecular formula is C26H26Cl2N6O. The van der Waals surface area contributed by atoms with Gasteiger partial charge in [0.15, 0.2) is 0 Å². The minimum Gasteiger partial charge on any atom is -0.379 e. The summed E-state index contributed by atoms with van der Waals surface area (Å²) < 4.78 is 5.41. The zero-order chi connectivity index (χ0) is 24.2. The molecule has 3 aromatic heterocycles. The molecule has 1 saturated heterocycles. The van der Waals surface area contributed by atoms with E-state index in [-0.39, 0.29) is 6.04 Å². The molecule has 1 aliphatic heterocycles. The predicted molar refractivity (Wildman–Crippen MR) is 142 cm³/mol. The molecule has 1 aromatic carbocycles. The maximum absolute atomic E-state index is 6.33. The number of hydrogen-bond acceptors (Lipinski definition) is 6. The number of hydrogen-bond donors (Lipinski definition) is 2. The molecule has 5 rings (SSSR count). The van der Waals surface area contributed by atoms with E-state index in [1.165, 1.54) is 0 Å². The van der Waals surface area contributed by atoms with Crippen LogP contribution >= 0.6 is 23.2 Å². The van der Waals surface area contributed by atoms with Crippen LogP contribution in [0.15, 0.2) is 48.9 Å². The van der Waals surface area contributed by atoms with Gasteiger partial charge in [0, 0.05) is 54.9 Å². The van der Waals surface area contributed by atoms with E-state index in [0.29, 0.717) is 10.0 Å². The second kappa shape index (κ2) is 10.7. The molecule has 0 spiro atoms. The first kappa shape index (κ1) is 23.8. The van der Waals surface area contributed by atoms with Gasteiger partial charge in [-0.25, -0.2) is 0 Å². The second-order valence-corrected chi connectivity index (χ2v) is 9.37. The number of aromatic amines is 1. The summed E-state index contributed by atoms with van der Waals surface area (Å²) in [5.41, 5.74) is 5.67. The number of halogens is 2. The van der Waals surface area contributed by atoms with Crippen molar-refractivity contribution in [3.63, 3.8) is 0 Å². The molecular weight excluding hydrogens is 483 g/mol. The fraction of sp³-hybridized carbons (Fsp3) is 0.269. The molecule has 0 radical (unpaired) electrons. The van der Waals surface area contributed by atoms with Crippen LogP contribution in [0.5, 0.6) is 0 Å². The summed E-state index contributed by atoms with van der Waals surface area (Å²) in [5, 5.41) is 13.1. The highest BCUT2D eigenvalue weighted by Gasteiger charge is 2.15. The van der Waals surface area contributed by atoms with Crippen molar-refractivity contribution >= 4 is 51.9 Å². The van der Waals surface area contributed by atoms with Gasteiger partial charge in [-0.3, -0.25) is 20.0 Å². The van der Waals surface area contributed by atoms with Crippen LogP contribution in [0.3, 0.4) is 0 Å². The molecule has 1 fully saturated rings.